The van der Waals surface area contributed by atoms with E-state index in [4.69, 9.17) is 0 Å². The van der Waals surface area contributed by atoms with Gasteiger partial charge < -0.3 is 0 Å². The molecule has 0 spiro atoms. The first-order valence-electron chi connectivity index (χ1n) is 6.28. The Morgan fingerprint density at radius 3 is 2.55 bits per heavy atom. The van der Waals surface area contributed by atoms with Gasteiger partial charge in [0, 0.05) is 27.6 Å². The van der Waals surface area contributed by atoms with Gasteiger partial charge in [-0.2, -0.15) is 17.9 Å². The minimum atomic E-state index is -4.65. The Balaban J connectivity index is 2.53. The van der Waals surface area contributed by atoms with Crippen LogP contribution in [0.2, 0.25) is 0 Å². The van der Waals surface area contributed by atoms with Gasteiger partial charge in [-0.25, -0.2) is 8.42 Å². The molecular formula is C13H12BrF3N2O2S. The Morgan fingerprint density at radius 2 is 1.95 bits per heavy atom. The van der Waals surface area contributed by atoms with E-state index in [1.807, 2.05) is 0 Å². The maximum Gasteiger partial charge on any atom is 0.404 e. The molecular weight excluding hydrogens is 385 g/mol. The molecule has 1 heterocycles. The molecule has 0 bridgehead atoms. The van der Waals surface area contributed by atoms with E-state index in [1.165, 1.54) is 31.5 Å². The van der Waals surface area contributed by atoms with Crippen molar-refractivity contribution in [2.24, 2.45) is 0 Å². The molecule has 22 heavy (non-hydrogen) atoms. The number of nitrogens with zero attached hydrogens (tertiary/aromatic N) is 1. The zero-order valence-corrected chi connectivity index (χ0v) is 13.8. The molecule has 2 rings (SSSR count). The average molecular weight is 397 g/mol. The number of fused-ring (bicyclic) bond motifs is 1. The number of nitrogens with one attached hydrogen (secondary N) is 1. The van der Waals surface area contributed by atoms with Crippen molar-refractivity contribution in [1.82, 2.24) is 9.71 Å². The Morgan fingerprint density at radius 1 is 1.27 bits per heavy atom. The molecule has 120 valence electrons. The SMILES string of the molecule is CC[C@H](NS(=O)(=O)c1ccc(Br)c2ccncc12)C(F)(F)F. The third-order valence-corrected chi connectivity index (χ3v) is 5.34. The molecule has 2 aromatic rings. The van der Waals surface area contributed by atoms with Gasteiger partial charge in [-0.3, -0.25) is 4.98 Å². The summed E-state index contributed by atoms with van der Waals surface area (Å²) in [7, 11) is -4.33. The Bertz CT molecular complexity index is 793. The van der Waals surface area contributed by atoms with Crippen molar-refractivity contribution < 1.29 is 21.6 Å². The van der Waals surface area contributed by atoms with Crippen LogP contribution in [0, 0.1) is 0 Å². The van der Waals surface area contributed by atoms with Crippen molar-refractivity contribution in [2.45, 2.75) is 30.5 Å². The number of hydrogen-bond acceptors (Lipinski definition) is 3. The molecule has 0 unspecified atom stereocenters. The highest BCUT2D eigenvalue weighted by atomic mass is 79.9. The molecule has 4 nitrogen and oxygen atoms in total. The van der Waals surface area contributed by atoms with Crippen molar-refractivity contribution in [3.05, 3.63) is 35.1 Å². The van der Waals surface area contributed by atoms with Crippen molar-refractivity contribution >= 4 is 36.7 Å². The van der Waals surface area contributed by atoms with Gasteiger partial charge in [-0.15, -0.1) is 0 Å². The van der Waals surface area contributed by atoms with Gasteiger partial charge in [-0.1, -0.05) is 22.9 Å². The first-order valence-corrected chi connectivity index (χ1v) is 8.55. The van der Waals surface area contributed by atoms with Crippen LogP contribution in [0.4, 0.5) is 13.2 Å². The van der Waals surface area contributed by atoms with Gasteiger partial charge in [0.2, 0.25) is 10.0 Å². The van der Waals surface area contributed by atoms with Crippen LogP contribution in [0.5, 0.6) is 0 Å². The van der Waals surface area contributed by atoms with E-state index in [2.05, 4.69) is 20.9 Å². The lowest BCUT2D eigenvalue weighted by molar-refractivity contribution is -0.151. The lowest BCUT2D eigenvalue weighted by Crippen LogP contribution is -2.44. The minimum Gasteiger partial charge on any atom is -0.264 e. The predicted octanol–water partition coefficient (Wildman–Crippen LogP) is 3.62. The van der Waals surface area contributed by atoms with Crippen LogP contribution in [0.3, 0.4) is 0 Å². The molecule has 0 amide bonds. The highest BCUT2D eigenvalue weighted by Gasteiger charge is 2.41. The van der Waals surface area contributed by atoms with Crippen molar-refractivity contribution in [3.8, 4) is 0 Å². The molecule has 0 saturated carbocycles. The van der Waals surface area contributed by atoms with Gasteiger partial charge in [-0.05, 0) is 24.6 Å². The number of alkyl halides is 3. The normalized spacial score (nSPS) is 14.2. The topological polar surface area (TPSA) is 59.1 Å². The van der Waals surface area contributed by atoms with Gasteiger partial charge in [0.15, 0.2) is 0 Å². The van der Waals surface area contributed by atoms with E-state index in [0.717, 1.165) is 0 Å². The third-order valence-electron chi connectivity index (χ3n) is 3.12. The first kappa shape index (κ1) is 17.2. The summed E-state index contributed by atoms with van der Waals surface area (Å²) in [5.74, 6) is 0. The fourth-order valence-electron chi connectivity index (χ4n) is 1.99. The van der Waals surface area contributed by atoms with Gasteiger partial charge in [0.05, 0.1) is 4.90 Å². The molecule has 1 N–H and O–H groups in total. The van der Waals surface area contributed by atoms with Crippen molar-refractivity contribution in [3.63, 3.8) is 0 Å². The molecule has 0 aliphatic rings. The number of aromatic nitrogens is 1. The summed E-state index contributed by atoms with van der Waals surface area (Å²) < 4.78 is 65.4. The van der Waals surface area contributed by atoms with Crippen LogP contribution in [-0.2, 0) is 10.0 Å². The van der Waals surface area contributed by atoms with E-state index < -0.39 is 28.7 Å². The lowest BCUT2D eigenvalue weighted by atomic mass is 10.2. The largest absolute Gasteiger partial charge is 0.404 e. The number of halogens is 4. The molecule has 0 aliphatic heterocycles. The maximum absolute atomic E-state index is 12.8. The van der Waals surface area contributed by atoms with E-state index in [-0.39, 0.29) is 10.3 Å². The fraction of sp³-hybridized carbons (Fsp3) is 0.308. The van der Waals surface area contributed by atoms with E-state index in [1.54, 1.807) is 10.8 Å². The average Bonchev–Trinajstić information content (AvgIpc) is 2.44. The van der Waals surface area contributed by atoms with E-state index in [9.17, 15) is 21.6 Å². The van der Waals surface area contributed by atoms with Crippen LogP contribution < -0.4 is 4.72 Å². The van der Waals surface area contributed by atoms with E-state index >= 15 is 0 Å². The zero-order valence-electron chi connectivity index (χ0n) is 11.4. The second-order valence-corrected chi connectivity index (χ2v) is 7.13. The number of benzene rings is 1. The van der Waals surface area contributed by atoms with Gasteiger partial charge in [0.25, 0.3) is 0 Å². The molecule has 1 aromatic heterocycles. The smallest absolute Gasteiger partial charge is 0.264 e. The highest BCUT2D eigenvalue weighted by molar-refractivity contribution is 9.10. The van der Waals surface area contributed by atoms with E-state index in [0.29, 0.717) is 9.86 Å². The van der Waals surface area contributed by atoms with Gasteiger partial charge >= 0.3 is 6.18 Å². The summed E-state index contributed by atoms with van der Waals surface area (Å²) >= 11 is 3.27. The van der Waals surface area contributed by atoms with Crippen LogP contribution >= 0.6 is 15.9 Å². The first-order chi connectivity index (χ1) is 10.2. The number of hydrogen-bond donors (Lipinski definition) is 1. The summed E-state index contributed by atoms with van der Waals surface area (Å²) in [6.45, 7) is 1.27. The monoisotopic (exact) mass is 396 g/mol. The Hall–Kier alpha value is -1.19. The molecule has 0 fully saturated rings. The molecule has 0 saturated heterocycles. The highest BCUT2D eigenvalue weighted by Crippen LogP contribution is 2.30. The van der Waals surface area contributed by atoms with Crippen molar-refractivity contribution in [2.75, 3.05) is 0 Å². The molecule has 9 heteroatoms. The quantitative estimate of drug-likeness (QED) is 0.858. The van der Waals surface area contributed by atoms with Crippen LogP contribution in [0.1, 0.15) is 13.3 Å². The molecule has 0 radical (unpaired) electrons. The Kier molecular flexibility index (Phi) is 4.78. The lowest BCUT2D eigenvalue weighted by Gasteiger charge is -2.20. The van der Waals surface area contributed by atoms with Crippen molar-refractivity contribution in [1.29, 1.82) is 0 Å². The zero-order chi connectivity index (χ0) is 16.5. The summed E-state index contributed by atoms with van der Waals surface area (Å²) in [4.78, 5) is 3.61. The van der Waals surface area contributed by atoms with Crippen LogP contribution in [-0.4, -0.2) is 25.6 Å². The Labute approximate surface area is 133 Å². The summed E-state index contributed by atoms with van der Waals surface area (Å²) in [5, 5.41) is 0.805. The minimum absolute atomic E-state index is 0.235. The maximum atomic E-state index is 12.8. The molecule has 0 aliphatic carbocycles. The summed E-state index contributed by atoms with van der Waals surface area (Å²) in [6, 6.07) is 2.18. The molecule has 1 atom stereocenters. The van der Waals surface area contributed by atoms with Crippen LogP contribution in [0.15, 0.2) is 40.0 Å². The molecule has 1 aromatic carbocycles. The second-order valence-electron chi connectivity index (χ2n) is 4.59. The summed E-state index contributed by atoms with van der Waals surface area (Å²) in [6.07, 6.45) is -2.26. The van der Waals surface area contributed by atoms with Crippen LogP contribution in [0.25, 0.3) is 10.8 Å². The number of pyridine rings is 1. The predicted molar refractivity (Wildman–Crippen MR) is 79.9 cm³/mol. The second kappa shape index (κ2) is 6.13. The third kappa shape index (κ3) is 3.41. The van der Waals surface area contributed by atoms with Gasteiger partial charge in [0.1, 0.15) is 6.04 Å². The number of rotatable bonds is 4. The fourth-order valence-corrected chi connectivity index (χ4v) is 3.97. The standard InChI is InChI=1S/C13H12BrF3N2O2S/c1-2-12(13(15,16)17)19-22(20,21)11-4-3-10(14)8-5-6-18-7-9(8)11/h3-7,12,19H,2H2,1H3/t12-/m0/s1. The summed E-state index contributed by atoms with van der Waals surface area (Å²) in [5.41, 5.74) is 0. The number of sulfonamides is 1.